The predicted molar refractivity (Wildman–Crippen MR) is 112 cm³/mol. The first-order valence-corrected chi connectivity index (χ1v) is 11.0. The Kier molecular flexibility index (Phi) is 6.20. The lowest BCUT2D eigenvalue weighted by atomic mass is 9.83. The van der Waals surface area contributed by atoms with Crippen LogP contribution in [0.5, 0.6) is 0 Å². The number of amides is 1. The van der Waals surface area contributed by atoms with Crippen LogP contribution < -0.4 is 5.32 Å². The van der Waals surface area contributed by atoms with E-state index in [1.807, 2.05) is 6.92 Å². The second-order valence-corrected chi connectivity index (χ2v) is 9.27. The van der Waals surface area contributed by atoms with Crippen LogP contribution in [0.2, 0.25) is 0 Å². The lowest BCUT2D eigenvalue weighted by Gasteiger charge is -2.40. The molecule has 1 aromatic rings. The third-order valence-electron chi connectivity index (χ3n) is 7.06. The molecule has 0 unspecified atom stereocenters. The number of rotatable bonds is 7. The molecule has 1 saturated carbocycles. The number of carboxylic acids is 1. The van der Waals surface area contributed by atoms with Gasteiger partial charge in [-0.05, 0) is 67.7 Å². The van der Waals surface area contributed by atoms with E-state index in [9.17, 15) is 14.7 Å². The van der Waals surface area contributed by atoms with Gasteiger partial charge in [-0.15, -0.1) is 0 Å². The number of nitrogens with one attached hydrogen (secondary N) is 1. The van der Waals surface area contributed by atoms with Crippen LogP contribution in [0.15, 0.2) is 18.2 Å². The molecule has 158 valence electrons. The first-order chi connectivity index (χ1) is 14.0. The molecule has 3 heterocycles. The average molecular weight is 400 g/mol. The van der Waals surface area contributed by atoms with E-state index in [-0.39, 0.29) is 11.5 Å². The van der Waals surface area contributed by atoms with Crippen LogP contribution in [0.25, 0.3) is 0 Å². The minimum absolute atomic E-state index is 0.0250. The monoisotopic (exact) mass is 399 g/mol. The highest BCUT2D eigenvalue weighted by Crippen LogP contribution is 2.33. The molecule has 1 aromatic carbocycles. The number of carbonyl (C=O) groups excluding carboxylic acids is 1. The normalized spacial score (nSPS) is 25.4. The molecule has 5 rings (SSSR count). The molecule has 4 aliphatic rings. The summed E-state index contributed by atoms with van der Waals surface area (Å²) in [6.07, 6.45) is 6.72. The summed E-state index contributed by atoms with van der Waals surface area (Å²) in [7, 11) is 0. The summed E-state index contributed by atoms with van der Waals surface area (Å²) >= 11 is 0. The maximum absolute atomic E-state index is 12.6. The molecule has 29 heavy (non-hydrogen) atoms. The number of carboxylic acid groups (broad SMARTS) is 1. The quantitative estimate of drug-likeness (QED) is 0.737. The molecule has 4 fully saturated rings. The number of fused-ring (bicyclic) bond motifs is 4. The van der Waals surface area contributed by atoms with Gasteiger partial charge in [0, 0.05) is 38.8 Å². The van der Waals surface area contributed by atoms with Crippen molar-refractivity contribution in [1.82, 2.24) is 15.1 Å². The van der Waals surface area contributed by atoms with Gasteiger partial charge in [0.2, 0.25) is 5.91 Å². The van der Waals surface area contributed by atoms with E-state index < -0.39 is 5.97 Å². The van der Waals surface area contributed by atoms with Crippen LogP contribution in [0.3, 0.4) is 0 Å². The van der Waals surface area contributed by atoms with Crippen molar-refractivity contribution in [1.29, 1.82) is 0 Å². The second kappa shape index (κ2) is 8.84. The summed E-state index contributed by atoms with van der Waals surface area (Å²) in [5.74, 6) is 0.660. The summed E-state index contributed by atoms with van der Waals surface area (Å²) < 4.78 is 0. The zero-order valence-corrected chi connectivity index (χ0v) is 17.4. The Morgan fingerprint density at radius 1 is 1.14 bits per heavy atom. The molecule has 0 aromatic heterocycles. The van der Waals surface area contributed by atoms with Gasteiger partial charge >= 0.3 is 5.97 Å². The third kappa shape index (κ3) is 4.98. The van der Waals surface area contributed by atoms with Gasteiger partial charge in [-0.25, -0.2) is 4.79 Å². The molecule has 3 aliphatic heterocycles. The van der Waals surface area contributed by atoms with E-state index in [1.165, 1.54) is 45.2 Å². The molecule has 3 saturated heterocycles. The summed E-state index contributed by atoms with van der Waals surface area (Å²) in [6.45, 7) is 7.20. The fraction of sp³-hybridized carbons (Fsp3) is 0.652. The van der Waals surface area contributed by atoms with Gasteiger partial charge in [0.1, 0.15) is 0 Å². The Bertz CT molecular complexity index is 762. The van der Waals surface area contributed by atoms with Crippen LogP contribution >= 0.6 is 0 Å². The average Bonchev–Trinajstić information content (AvgIpc) is 2.94. The van der Waals surface area contributed by atoms with Gasteiger partial charge in [-0.1, -0.05) is 12.5 Å². The van der Waals surface area contributed by atoms with Gasteiger partial charge in [0.05, 0.1) is 12.1 Å². The number of carbonyl (C=O) groups is 2. The van der Waals surface area contributed by atoms with E-state index in [0.29, 0.717) is 25.0 Å². The summed E-state index contributed by atoms with van der Waals surface area (Å²) in [6, 6.07) is 5.65. The first kappa shape index (κ1) is 20.4. The van der Waals surface area contributed by atoms with Crippen LogP contribution in [0, 0.1) is 18.8 Å². The maximum atomic E-state index is 12.6. The Hall–Kier alpha value is -1.92. The SMILES string of the molecule is Cc1ccc(C(=O)O)cc1CNC(=O)CN1C[C@H]2CC[C@@H](C1)N(CC1CCC1)C2. The van der Waals surface area contributed by atoms with E-state index in [4.69, 9.17) is 0 Å². The van der Waals surface area contributed by atoms with E-state index in [1.54, 1.807) is 18.2 Å². The third-order valence-corrected chi connectivity index (χ3v) is 7.06. The first-order valence-electron chi connectivity index (χ1n) is 11.0. The molecule has 0 spiro atoms. The smallest absolute Gasteiger partial charge is 0.335 e. The van der Waals surface area contributed by atoms with Gasteiger partial charge < -0.3 is 10.4 Å². The number of aryl methyl sites for hydroxylation is 1. The van der Waals surface area contributed by atoms with Crippen molar-refractivity contribution < 1.29 is 14.7 Å². The molecule has 2 bridgehead atoms. The Morgan fingerprint density at radius 2 is 1.97 bits per heavy atom. The van der Waals surface area contributed by atoms with Crippen LogP contribution in [0.1, 0.15) is 53.6 Å². The molecular weight excluding hydrogens is 366 g/mol. The Labute approximate surface area is 173 Å². The van der Waals surface area contributed by atoms with Crippen LogP contribution in [-0.2, 0) is 11.3 Å². The summed E-state index contributed by atoms with van der Waals surface area (Å²) in [5.41, 5.74) is 2.12. The number of benzene rings is 1. The second-order valence-electron chi connectivity index (χ2n) is 9.27. The minimum Gasteiger partial charge on any atom is -0.478 e. The largest absolute Gasteiger partial charge is 0.478 e. The lowest BCUT2D eigenvalue weighted by Crippen LogP contribution is -2.47. The zero-order chi connectivity index (χ0) is 20.4. The van der Waals surface area contributed by atoms with Crippen molar-refractivity contribution >= 4 is 11.9 Å². The number of hydrogen-bond donors (Lipinski definition) is 2. The highest BCUT2D eigenvalue weighted by atomic mass is 16.4. The van der Waals surface area contributed by atoms with Crippen molar-refractivity contribution in [2.45, 2.75) is 51.6 Å². The van der Waals surface area contributed by atoms with Crippen molar-refractivity contribution in [3.63, 3.8) is 0 Å². The summed E-state index contributed by atoms with van der Waals surface area (Å²) in [4.78, 5) is 28.8. The number of nitrogens with zero attached hydrogens (tertiary/aromatic N) is 2. The topological polar surface area (TPSA) is 72.9 Å². The Morgan fingerprint density at radius 3 is 2.69 bits per heavy atom. The fourth-order valence-corrected chi connectivity index (χ4v) is 5.08. The number of piperidine rings is 1. The lowest BCUT2D eigenvalue weighted by molar-refractivity contribution is -0.122. The van der Waals surface area contributed by atoms with Crippen molar-refractivity contribution in [3.05, 3.63) is 34.9 Å². The molecule has 2 N–H and O–H groups in total. The van der Waals surface area contributed by atoms with Crippen molar-refractivity contribution in [2.24, 2.45) is 11.8 Å². The predicted octanol–water partition coefficient (Wildman–Crippen LogP) is 2.51. The Balaban J connectivity index is 1.30. The van der Waals surface area contributed by atoms with Gasteiger partial charge in [-0.3, -0.25) is 14.6 Å². The van der Waals surface area contributed by atoms with E-state index in [2.05, 4.69) is 15.1 Å². The molecule has 6 heteroatoms. The van der Waals surface area contributed by atoms with Crippen molar-refractivity contribution in [2.75, 3.05) is 32.7 Å². The van der Waals surface area contributed by atoms with Crippen LogP contribution in [0.4, 0.5) is 0 Å². The van der Waals surface area contributed by atoms with Gasteiger partial charge in [0.15, 0.2) is 0 Å². The summed E-state index contributed by atoms with van der Waals surface area (Å²) in [5, 5.41) is 12.2. The number of hydrogen-bond acceptors (Lipinski definition) is 4. The maximum Gasteiger partial charge on any atom is 0.335 e. The molecule has 2 atom stereocenters. The van der Waals surface area contributed by atoms with Gasteiger partial charge in [-0.2, -0.15) is 0 Å². The van der Waals surface area contributed by atoms with Gasteiger partial charge in [0.25, 0.3) is 0 Å². The number of aromatic carboxylic acids is 1. The van der Waals surface area contributed by atoms with Crippen LogP contribution in [-0.4, -0.2) is 65.5 Å². The molecule has 0 radical (unpaired) electrons. The highest BCUT2D eigenvalue weighted by Gasteiger charge is 2.36. The zero-order valence-electron chi connectivity index (χ0n) is 17.4. The molecule has 1 amide bonds. The van der Waals surface area contributed by atoms with Crippen molar-refractivity contribution in [3.8, 4) is 0 Å². The minimum atomic E-state index is -0.941. The standard InChI is InChI=1S/C23H33N3O3/c1-16-5-7-19(23(28)29)9-20(16)10-24-22(27)15-25-11-18-6-8-21(14-25)26(13-18)12-17-3-2-4-17/h5,7,9,17-18,21H,2-4,6,8,10-15H2,1H3,(H,24,27)(H,28,29)/t18-,21+/m1/s1. The molecule has 1 aliphatic carbocycles. The van der Waals surface area contributed by atoms with E-state index in [0.717, 1.165) is 30.1 Å². The van der Waals surface area contributed by atoms with E-state index >= 15 is 0 Å². The fourth-order valence-electron chi connectivity index (χ4n) is 5.08. The molecular formula is C23H33N3O3. The highest BCUT2D eigenvalue weighted by molar-refractivity contribution is 5.88. The molecule has 6 nitrogen and oxygen atoms in total.